The fraction of sp³-hybridized carbons (Fsp3) is 0.733. The summed E-state index contributed by atoms with van der Waals surface area (Å²) < 4.78 is 14.8. The zero-order valence-corrected chi connectivity index (χ0v) is 14.2. The lowest BCUT2D eigenvalue weighted by molar-refractivity contribution is -0.238. The number of carbonyl (C=O) groups is 4. The smallest absolute Gasteiger partial charge is 0.407 e. The maximum atomic E-state index is 12.2. The van der Waals surface area contributed by atoms with Crippen molar-refractivity contribution in [3.8, 4) is 0 Å². The molecule has 0 saturated carbocycles. The van der Waals surface area contributed by atoms with Gasteiger partial charge in [0.15, 0.2) is 5.78 Å². The maximum absolute atomic E-state index is 12.2. The van der Waals surface area contributed by atoms with Gasteiger partial charge in [-0.25, -0.2) is 4.79 Å². The molecule has 1 atom stereocenters. The summed E-state index contributed by atoms with van der Waals surface area (Å²) in [4.78, 5) is 47.5. The molecular weight excluding hydrogens is 306 g/mol. The molecule has 1 saturated heterocycles. The van der Waals surface area contributed by atoms with Crippen molar-refractivity contribution in [2.45, 2.75) is 52.9 Å². The number of Topliss-reactive ketones (excluding diaryl/α,β-unsaturated/α-hetero) is 1. The van der Waals surface area contributed by atoms with Crippen LogP contribution < -0.4 is 5.32 Å². The summed E-state index contributed by atoms with van der Waals surface area (Å²) in [6, 6.07) is 0. The van der Waals surface area contributed by atoms with Gasteiger partial charge in [-0.2, -0.15) is 0 Å². The predicted molar refractivity (Wildman–Crippen MR) is 78.2 cm³/mol. The van der Waals surface area contributed by atoms with Crippen molar-refractivity contribution >= 4 is 23.8 Å². The lowest BCUT2D eigenvalue weighted by Gasteiger charge is -2.33. The molecule has 1 rings (SSSR count). The van der Waals surface area contributed by atoms with Crippen molar-refractivity contribution in [2.24, 2.45) is 11.8 Å². The number of rotatable bonds is 4. The van der Waals surface area contributed by atoms with Crippen LogP contribution in [-0.4, -0.2) is 41.7 Å². The largest absolute Gasteiger partial charge is 0.444 e. The maximum Gasteiger partial charge on any atom is 0.407 e. The minimum atomic E-state index is -1.63. The van der Waals surface area contributed by atoms with Crippen LogP contribution in [0.3, 0.4) is 0 Å². The van der Waals surface area contributed by atoms with E-state index in [0.717, 1.165) is 0 Å². The van der Waals surface area contributed by atoms with Gasteiger partial charge in [0.1, 0.15) is 5.60 Å². The van der Waals surface area contributed by atoms with Gasteiger partial charge >= 0.3 is 18.0 Å². The zero-order valence-electron chi connectivity index (χ0n) is 14.2. The topological polar surface area (TPSA) is 108 Å². The Morgan fingerprint density at radius 2 is 1.70 bits per heavy atom. The molecule has 1 fully saturated rings. The standard InChI is InChI=1S/C15H23NO7/c1-8(7-16-13(20)23-14(2,3)4)10(17)9-11(18)21-15(5,6)22-12(9)19/h8-9H,7H2,1-6H3,(H,16,20)/t8-/m0/s1. The monoisotopic (exact) mass is 329 g/mol. The summed E-state index contributed by atoms with van der Waals surface area (Å²) in [5.41, 5.74) is -0.667. The van der Waals surface area contributed by atoms with Crippen LogP contribution in [0.4, 0.5) is 4.79 Å². The molecule has 0 aliphatic carbocycles. The Bertz CT molecular complexity index is 498. The van der Waals surface area contributed by atoms with E-state index >= 15 is 0 Å². The highest BCUT2D eigenvalue weighted by atomic mass is 16.7. The second kappa shape index (κ2) is 6.55. The molecule has 1 amide bonds. The highest BCUT2D eigenvalue weighted by Gasteiger charge is 2.48. The average molecular weight is 329 g/mol. The second-order valence-electron chi connectivity index (χ2n) is 6.86. The molecule has 0 aromatic heterocycles. The minimum absolute atomic E-state index is 0.0752. The zero-order chi connectivity index (χ0) is 18.0. The number of alkyl carbamates (subject to hydrolysis) is 1. The van der Waals surface area contributed by atoms with Gasteiger partial charge in [-0.1, -0.05) is 6.92 Å². The summed E-state index contributed by atoms with van der Waals surface area (Å²) in [5.74, 6) is -6.36. The van der Waals surface area contributed by atoms with E-state index in [-0.39, 0.29) is 6.54 Å². The van der Waals surface area contributed by atoms with Gasteiger partial charge < -0.3 is 19.5 Å². The van der Waals surface area contributed by atoms with E-state index in [2.05, 4.69) is 5.32 Å². The molecule has 1 aliphatic rings. The molecular formula is C15H23NO7. The lowest BCUT2D eigenvalue weighted by Crippen LogP contribution is -2.51. The molecule has 0 radical (unpaired) electrons. The predicted octanol–water partition coefficient (Wildman–Crippen LogP) is 1.17. The third kappa shape index (κ3) is 5.54. The van der Waals surface area contributed by atoms with E-state index in [1.54, 1.807) is 20.8 Å². The van der Waals surface area contributed by atoms with Crippen LogP contribution in [0.5, 0.6) is 0 Å². The number of carbonyl (C=O) groups excluding carboxylic acids is 4. The molecule has 0 spiro atoms. The fourth-order valence-corrected chi connectivity index (χ4v) is 1.89. The third-order valence-corrected chi connectivity index (χ3v) is 2.89. The van der Waals surface area contributed by atoms with Crippen LogP contribution in [0.1, 0.15) is 41.5 Å². The molecule has 0 aromatic carbocycles. The molecule has 130 valence electrons. The summed E-state index contributed by atoms with van der Waals surface area (Å²) in [5, 5.41) is 2.42. The first-order valence-corrected chi connectivity index (χ1v) is 7.29. The van der Waals surface area contributed by atoms with Gasteiger partial charge in [0, 0.05) is 26.3 Å². The Kier molecular flexibility index (Phi) is 5.39. The number of nitrogens with one attached hydrogen (secondary N) is 1. The third-order valence-electron chi connectivity index (χ3n) is 2.89. The number of ether oxygens (including phenoxy) is 3. The minimum Gasteiger partial charge on any atom is -0.444 e. The molecule has 1 aliphatic heterocycles. The van der Waals surface area contributed by atoms with Crippen LogP contribution in [0.15, 0.2) is 0 Å². The molecule has 8 heteroatoms. The number of esters is 2. The van der Waals surface area contributed by atoms with E-state index in [0.29, 0.717) is 0 Å². The van der Waals surface area contributed by atoms with Crippen molar-refractivity contribution in [1.82, 2.24) is 5.32 Å². The Hall–Kier alpha value is -2.12. The summed E-state index contributed by atoms with van der Waals surface area (Å²) in [6.07, 6.45) is -0.688. The highest BCUT2D eigenvalue weighted by Crippen LogP contribution is 2.25. The van der Waals surface area contributed by atoms with Gasteiger partial charge in [-0.15, -0.1) is 0 Å². The number of cyclic esters (lactones) is 2. The summed E-state index contributed by atoms with van der Waals surface area (Å²) in [7, 11) is 0. The number of hydrogen-bond acceptors (Lipinski definition) is 7. The van der Waals surface area contributed by atoms with E-state index in [4.69, 9.17) is 14.2 Å². The number of amides is 1. The number of ketones is 1. The Labute approximate surface area is 134 Å². The Morgan fingerprint density at radius 1 is 1.22 bits per heavy atom. The van der Waals surface area contributed by atoms with Crippen molar-refractivity contribution in [2.75, 3.05) is 6.54 Å². The van der Waals surface area contributed by atoms with Crippen LogP contribution in [0.25, 0.3) is 0 Å². The molecule has 1 N–H and O–H groups in total. The molecule has 23 heavy (non-hydrogen) atoms. The van der Waals surface area contributed by atoms with E-state index < -0.39 is 47.0 Å². The van der Waals surface area contributed by atoms with Gasteiger partial charge in [-0.05, 0) is 20.8 Å². The van der Waals surface area contributed by atoms with Gasteiger partial charge in [-0.3, -0.25) is 14.4 Å². The van der Waals surface area contributed by atoms with Crippen LogP contribution in [-0.2, 0) is 28.6 Å². The Morgan fingerprint density at radius 3 is 2.13 bits per heavy atom. The van der Waals surface area contributed by atoms with Crippen molar-refractivity contribution in [3.05, 3.63) is 0 Å². The number of hydrogen-bond donors (Lipinski definition) is 1. The van der Waals surface area contributed by atoms with Crippen molar-refractivity contribution in [3.63, 3.8) is 0 Å². The first kappa shape index (κ1) is 18.9. The van der Waals surface area contributed by atoms with E-state index in [9.17, 15) is 19.2 Å². The highest BCUT2D eigenvalue weighted by molar-refractivity contribution is 6.16. The van der Waals surface area contributed by atoms with Crippen molar-refractivity contribution in [1.29, 1.82) is 0 Å². The molecule has 0 aromatic rings. The van der Waals surface area contributed by atoms with Gasteiger partial charge in [0.25, 0.3) is 5.79 Å². The quantitative estimate of drug-likeness (QED) is 0.609. The second-order valence-corrected chi connectivity index (χ2v) is 6.86. The SMILES string of the molecule is C[C@@H](CNC(=O)OC(C)(C)C)C(=O)C1C(=O)OC(C)(C)OC1=O. The molecule has 0 bridgehead atoms. The molecule has 1 heterocycles. The normalized spacial score (nSPS) is 19.4. The van der Waals surface area contributed by atoms with Crippen LogP contribution in [0.2, 0.25) is 0 Å². The van der Waals surface area contributed by atoms with Gasteiger partial charge in [0.2, 0.25) is 5.92 Å². The fourth-order valence-electron chi connectivity index (χ4n) is 1.89. The summed E-state index contributed by atoms with van der Waals surface area (Å²) >= 11 is 0. The van der Waals surface area contributed by atoms with Gasteiger partial charge in [0.05, 0.1) is 0 Å². The van der Waals surface area contributed by atoms with E-state index in [1.165, 1.54) is 20.8 Å². The van der Waals surface area contributed by atoms with E-state index in [1.807, 2.05) is 0 Å². The molecule has 8 nitrogen and oxygen atoms in total. The molecule has 0 unspecified atom stereocenters. The lowest BCUT2D eigenvalue weighted by atomic mass is 9.93. The van der Waals surface area contributed by atoms with Crippen molar-refractivity contribution < 1.29 is 33.4 Å². The average Bonchev–Trinajstić information content (AvgIpc) is 2.31. The summed E-state index contributed by atoms with van der Waals surface area (Å²) in [6.45, 7) is 9.33. The Balaban J connectivity index is 2.62. The van der Waals surface area contributed by atoms with Crippen LogP contribution in [0, 0.1) is 11.8 Å². The van der Waals surface area contributed by atoms with Crippen LogP contribution >= 0.6 is 0 Å². The first-order valence-electron chi connectivity index (χ1n) is 7.29. The first-order chi connectivity index (χ1) is 10.3.